The molecule has 1 fully saturated rings. The third-order valence-electron chi connectivity index (χ3n) is 5.17. The Balaban J connectivity index is 1.53. The maximum absolute atomic E-state index is 12.6. The van der Waals surface area contributed by atoms with Gasteiger partial charge in [0.15, 0.2) is 17.0 Å². The van der Waals surface area contributed by atoms with Crippen LogP contribution < -0.4 is 5.32 Å². The number of carbonyl (C=O) groups excluding carboxylic acids is 1. The molecule has 13 heteroatoms. The number of nitrogens with zero attached hydrogens (tertiary/aromatic N) is 6. The summed E-state index contributed by atoms with van der Waals surface area (Å²) in [5, 5.41) is 2.80. The average Bonchev–Trinajstić information content (AvgIpc) is 3.23. The third-order valence-corrected chi connectivity index (χ3v) is 7.79. The van der Waals surface area contributed by atoms with E-state index in [1.807, 2.05) is 13.1 Å². The van der Waals surface area contributed by atoms with Crippen LogP contribution in [0.1, 0.15) is 16.6 Å². The summed E-state index contributed by atoms with van der Waals surface area (Å²) in [6, 6.07) is 8.86. The number of anilines is 1. The van der Waals surface area contributed by atoms with Crippen molar-refractivity contribution in [3.63, 3.8) is 0 Å². The van der Waals surface area contributed by atoms with Gasteiger partial charge in [-0.25, -0.2) is 19.6 Å². The van der Waals surface area contributed by atoms with Gasteiger partial charge < -0.3 is 14.6 Å². The number of carbonyl (C=O) groups is 1. The van der Waals surface area contributed by atoms with E-state index in [4.69, 9.17) is 20.5 Å². The summed E-state index contributed by atoms with van der Waals surface area (Å²) in [5.74, 6) is 0.0214. The van der Waals surface area contributed by atoms with Crippen LogP contribution >= 0.6 is 18.1 Å². The van der Waals surface area contributed by atoms with Crippen LogP contribution in [0.2, 0.25) is 0 Å². The molecule has 0 saturated carbocycles. The Bertz CT molecular complexity index is 1180. The molecule has 11 nitrogen and oxygen atoms in total. The van der Waals surface area contributed by atoms with Gasteiger partial charge in [0.1, 0.15) is 12.6 Å². The number of imidazole rings is 1. The van der Waals surface area contributed by atoms with Gasteiger partial charge in [-0.3, -0.25) is 18.8 Å². The maximum Gasteiger partial charge on any atom is 0.362 e. The van der Waals surface area contributed by atoms with Crippen LogP contribution in [-0.4, -0.2) is 81.9 Å². The molecule has 1 amide bonds. The van der Waals surface area contributed by atoms with Crippen LogP contribution in [0.5, 0.6) is 0 Å². The molecule has 176 valence electrons. The van der Waals surface area contributed by atoms with Crippen molar-refractivity contribution in [1.29, 1.82) is 0 Å². The fourth-order valence-corrected chi connectivity index (χ4v) is 4.21. The van der Waals surface area contributed by atoms with Gasteiger partial charge >= 0.3 is 6.87 Å². The Morgan fingerprint density at radius 3 is 2.76 bits per heavy atom. The minimum absolute atomic E-state index is 0.0692. The summed E-state index contributed by atoms with van der Waals surface area (Å²) in [5.41, 5.74) is 1.48. The number of amides is 1. The largest absolute Gasteiger partial charge is 0.362 e. The molecule has 3 atom stereocenters. The summed E-state index contributed by atoms with van der Waals surface area (Å²) in [7, 11) is 5.14. The Morgan fingerprint density at radius 2 is 2.03 bits per heavy atom. The highest BCUT2D eigenvalue weighted by atomic mass is 35.7. The second-order valence-electron chi connectivity index (χ2n) is 7.89. The van der Waals surface area contributed by atoms with Crippen LogP contribution in [0, 0.1) is 0 Å². The molecular formula is C20H25ClN7O4P. The predicted octanol–water partition coefficient (Wildman–Crippen LogP) is 2.83. The number of rotatable bonds is 7. The summed E-state index contributed by atoms with van der Waals surface area (Å²) in [6.07, 6.45) is 2.18. The van der Waals surface area contributed by atoms with Crippen molar-refractivity contribution in [2.75, 3.05) is 46.2 Å². The Labute approximate surface area is 196 Å². The van der Waals surface area contributed by atoms with E-state index in [9.17, 15) is 9.36 Å². The lowest BCUT2D eigenvalue weighted by atomic mass is 10.2. The Morgan fingerprint density at radius 1 is 1.27 bits per heavy atom. The fraction of sp³-hybridized carbons (Fsp3) is 0.400. The van der Waals surface area contributed by atoms with Gasteiger partial charge in [0.05, 0.1) is 19.0 Å². The lowest BCUT2D eigenvalue weighted by Gasteiger charge is -2.36. The van der Waals surface area contributed by atoms with E-state index in [1.54, 1.807) is 49.3 Å². The molecule has 1 saturated heterocycles. The van der Waals surface area contributed by atoms with Gasteiger partial charge in [-0.1, -0.05) is 18.2 Å². The zero-order chi connectivity index (χ0) is 23.6. The standard InChI is InChI=1S/C20H25ClN7O4P/c1-26(2)33(21,30)31-11-15-9-27(3)10-16(32-15)28-13-24-17-18(22-12-23-19(17)28)25-20(29)14-7-5-4-6-8-14/h4-8,12-13,15-16H,9-11H2,1-3H3,(H,22,23,25,29)/t15-,16+,33-/m0/s1. The number of benzene rings is 1. The summed E-state index contributed by atoms with van der Waals surface area (Å²) < 4.78 is 27.0. The molecule has 0 unspecified atom stereocenters. The number of morpholine rings is 1. The number of likely N-dealkylation sites (N-methyl/N-ethyl adjacent to an activating group) is 1. The van der Waals surface area contributed by atoms with E-state index in [-0.39, 0.29) is 18.6 Å². The van der Waals surface area contributed by atoms with Crippen molar-refractivity contribution in [2.45, 2.75) is 12.3 Å². The summed E-state index contributed by atoms with van der Waals surface area (Å²) in [4.78, 5) is 27.6. The zero-order valence-corrected chi connectivity index (χ0v) is 20.1. The molecule has 3 heterocycles. The van der Waals surface area contributed by atoms with E-state index in [1.165, 1.54) is 11.0 Å². The van der Waals surface area contributed by atoms with Crippen molar-refractivity contribution in [3.05, 3.63) is 48.5 Å². The third kappa shape index (κ3) is 5.40. The number of halogens is 1. The molecule has 0 spiro atoms. The van der Waals surface area contributed by atoms with E-state index < -0.39 is 13.1 Å². The second-order valence-corrected chi connectivity index (χ2v) is 11.1. The van der Waals surface area contributed by atoms with Crippen molar-refractivity contribution in [2.24, 2.45) is 0 Å². The Hall–Kier alpha value is -2.40. The molecule has 1 aliphatic rings. The quantitative estimate of drug-likeness (QED) is 0.496. The van der Waals surface area contributed by atoms with Gasteiger partial charge in [0, 0.05) is 18.7 Å². The van der Waals surface area contributed by atoms with Crippen LogP contribution in [0.15, 0.2) is 43.0 Å². The van der Waals surface area contributed by atoms with E-state index in [0.29, 0.717) is 35.6 Å². The minimum atomic E-state index is -3.39. The number of fused-ring (bicyclic) bond motifs is 1. The van der Waals surface area contributed by atoms with Crippen LogP contribution in [-0.2, 0) is 13.8 Å². The molecule has 0 bridgehead atoms. The lowest BCUT2D eigenvalue weighted by molar-refractivity contribution is -0.124. The van der Waals surface area contributed by atoms with Crippen molar-refractivity contribution in [3.8, 4) is 0 Å². The normalized spacial score (nSPS) is 21.2. The van der Waals surface area contributed by atoms with Gasteiger partial charge in [-0.15, -0.1) is 0 Å². The topological polar surface area (TPSA) is 115 Å². The van der Waals surface area contributed by atoms with Gasteiger partial charge in [-0.05, 0) is 44.5 Å². The van der Waals surface area contributed by atoms with Crippen LogP contribution in [0.25, 0.3) is 11.2 Å². The molecule has 2 aromatic heterocycles. The molecule has 33 heavy (non-hydrogen) atoms. The first-order valence-electron chi connectivity index (χ1n) is 10.2. The predicted molar refractivity (Wildman–Crippen MR) is 124 cm³/mol. The highest BCUT2D eigenvalue weighted by molar-refractivity contribution is 7.83. The van der Waals surface area contributed by atoms with Crippen molar-refractivity contribution in [1.82, 2.24) is 29.1 Å². The summed E-state index contributed by atoms with van der Waals surface area (Å²) in [6.45, 7) is -2.16. The average molecular weight is 494 g/mol. The number of aromatic nitrogens is 4. The number of hydrogen-bond acceptors (Lipinski definition) is 8. The second kappa shape index (κ2) is 9.84. The lowest BCUT2D eigenvalue weighted by Crippen LogP contribution is -2.45. The number of nitrogens with one attached hydrogen (secondary N) is 1. The molecule has 0 aliphatic carbocycles. The van der Waals surface area contributed by atoms with E-state index in [2.05, 4.69) is 25.2 Å². The Kier molecular flexibility index (Phi) is 7.08. The van der Waals surface area contributed by atoms with Crippen molar-refractivity contribution >= 4 is 41.0 Å². The highest BCUT2D eigenvalue weighted by Crippen LogP contribution is 2.54. The van der Waals surface area contributed by atoms with Crippen molar-refractivity contribution < 1.29 is 18.6 Å². The first-order chi connectivity index (χ1) is 15.7. The highest BCUT2D eigenvalue weighted by Gasteiger charge is 2.32. The molecule has 3 aromatic rings. The van der Waals surface area contributed by atoms with E-state index >= 15 is 0 Å². The monoisotopic (exact) mass is 493 g/mol. The first-order valence-corrected chi connectivity index (χ1v) is 12.7. The molecule has 4 rings (SSSR count). The minimum Gasteiger partial charge on any atom is -0.350 e. The SMILES string of the molecule is CN1C[C@@H](CO[P@@](=O)(Cl)N(C)C)O[C@@H](n2cnc3c(NC(=O)c4ccccc4)ncnc32)C1. The van der Waals surface area contributed by atoms with E-state index in [0.717, 1.165) is 0 Å². The molecular weight excluding hydrogens is 469 g/mol. The van der Waals surface area contributed by atoms with Crippen LogP contribution in [0.3, 0.4) is 0 Å². The molecule has 1 N–H and O–H groups in total. The summed E-state index contributed by atoms with van der Waals surface area (Å²) >= 11 is 5.97. The smallest absolute Gasteiger partial charge is 0.350 e. The molecule has 1 aromatic carbocycles. The fourth-order valence-electron chi connectivity index (χ4n) is 3.46. The molecule has 0 radical (unpaired) electrons. The maximum atomic E-state index is 12.6. The zero-order valence-electron chi connectivity index (χ0n) is 18.5. The molecule has 1 aliphatic heterocycles. The number of ether oxygens (including phenoxy) is 1. The van der Waals surface area contributed by atoms with Gasteiger partial charge in [0.2, 0.25) is 0 Å². The first kappa shape index (κ1) is 23.7. The number of hydrogen-bond donors (Lipinski definition) is 1. The van der Waals surface area contributed by atoms with Crippen LogP contribution in [0.4, 0.5) is 5.82 Å². The van der Waals surface area contributed by atoms with Gasteiger partial charge in [-0.2, -0.15) is 0 Å². The van der Waals surface area contributed by atoms with Gasteiger partial charge in [0.25, 0.3) is 5.91 Å².